The molecule has 0 bridgehead atoms. The molecule has 1 N–H and O–H groups in total. The van der Waals surface area contributed by atoms with Crippen LogP contribution in [0.1, 0.15) is 47.2 Å². The van der Waals surface area contributed by atoms with Gasteiger partial charge in [-0.1, -0.05) is 31.0 Å². The molecular formula is C25H29N3O4S. The Balaban J connectivity index is 1.76. The van der Waals surface area contributed by atoms with Gasteiger partial charge in [-0.25, -0.2) is 8.42 Å². The summed E-state index contributed by atoms with van der Waals surface area (Å²) in [7, 11) is -2.41. The number of aromatic amines is 1. The molecule has 33 heavy (non-hydrogen) atoms. The number of pyridine rings is 1. The van der Waals surface area contributed by atoms with Crippen molar-refractivity contribution in [1.29, 1.82) is 0 Å². The lowest BCUT2D eigenvalue weighted by Gasteiger charge is -2.23. The number of likely N-dealkylation sites (tertiary alicyclic amines) is 1. The Hall–Kier alpha value is -3.13. The molecule has 0 radical (unpaired) electrons. The number of nitrogens with one attached hydrogen (secondary N) is 1. The molecule has 1 fully saturated rings. The van der Waals surface area contributed by atoms with Gasteiger partial charge < -0.3 is 9.88 Å². The Morgan fingerprint density at radius 1 is 1.00 bits per heavy atom. The fraction of sp³-hybridized carbons (Fsp3) is 0.360. The van der Waals surface area contributed by atoms with E-state index >= 15 is 0 Å². The number of hydrogen-bond acceptors (Lipinski definition) is 4. The predicted molar refractivity (Wildman–Crippen MR) is 130 cm³/mol. The van der Waals surface area contributed by atoms with Crippen LogP contribution in [0, 0.1) is 13.8 Å². The summed E-state index contributed by atoms with van der Waals surface area (Å²) in [5.41, 5.74) is 2.36. The number of carbonyl (C=O) groups is 1. The van der Waals surface area contributed by atoms with Crippen LogP contribution in [0.25, 0.3) is 10.9 Å². The van der Waals surface area contributed by atoms with Crippen molar-refractivity contribution in [3.8, 4) is 0 Å². The number of hydrogen-bond donors (Lipinski definition) is 1. The topological polar surface area (TPSA) is 90.6 Å². The summed E-state index contributed by atoms with van der Waals surface area (Å²) in [6.45, 7) is 4.98. The largest absolute Gasteiger partial charge is 0.360 e. The monoisotopic (exact) mass is 467 g/mol. The van der Waals surface area contributed by atoms with Crippen molar-refractivity contribution < 1.29 is 13.2 Å². The van der Waals surface area contributed by atoms with Crippen LogP contribution in [0.3, 0.4) is 0 Å². The summed E-state index contributed by atoms with van der Waals surface area (Å²) >= 11 is 0. The molecule has 2 heterocycles. The molecule has 7 nitrogen and oxygen atoms in total. The number of para-hydroxylation sites is 1. The Morgan fingerprint density at radius 3 is 2.27 bits per heavy atom. The zero-order chi connectivity index (χ0) is 23.8. The lowest BCUT2D eigenvalue weighted by Crippen LogP contribution is -2.35. The van der Waals surface area contributed by atoms with E-state index in [4.69, 9.17) is 0 Å². The molecule has 1 aliphatic heterocycles. The highest BCUT2D eigenvalue weighted by Crippen LogP contribution is 2.29. The zero-order valence-corrected chi connectivity index (χ0v) is 20.0. The minimum Gasteiger partial charge on any atom is -0.360 e. The number of sulfonamides is 1. The average molecular weight is 468 g/mol. The van der Waals surface area contributed by atoms with Crippen molar-refractivity contribution in [3.05, 3.63) is 69.5 Å². The number of aromatic nitrogens is 1. The molecule has 0 spiro atoms. The molecule has 0 saturated carbocycles. The van der Waals surface area contributed by atoms with E-state index in [-0.39, 0.29) is 21.8 Å². The fourth-order valence-corrected chi connectivity index (χ4v) is 5.89. The smallest absolute Gasteiger partial charge is 0.264 e. The molecule has 0 aliphatic carbocycles. The number of carbonyl (C=O) groups excluding carboxylic acids is 1. The number of rotatable bonds is 4. The van der Waals surface area contributed by atoms with E-state index in [1.54, 1.807) is 11.0 Å². The van der Waals surface area contributed by atoms with E-state index in [9.17, 15) is 18.0 Å². The summed E-state index contributed by atoms with van der Waals surface area (Å²) < 4.78 is 28.1. The van der Waals surface area contributed by atoms with Crippen molar-refractivity contribution in [3.63, 3.8) is 0 Å². The molecule has 1 aliphatic rings. The van der Waals surface area contributed by atoms with Crippen LogP contribution in [0.15, 0.2) is 52.3 Å². The highest BCUT2D eigenvalue weighted by molar-refractivity contribution is 7.92. The van der Waals surface area contributed by atoms with Gasteiger partial charge in [0.2, 0.25) is 5.43 Å². The number of nitrogens with zero attached hydrogens (tertiary/aromatic N) is 2. The first-order chi connectivity index (χ1) is 15.7. The van der Waals surface area contributed by atoms with E-state index in [0.29, 0.717) is 24.3 Å². The summed E-state index contributed by atoms with van der Waals surface area (Å²) in [5.74, 6) is -0.305. The minimum absolute atomic E-state index is 0.00465. The molecule has 2 aromatic carbocycles. The molecule has 4 rings (SSSR count). The molecule has 0 atom stereocenters. The summed E-state index contributed by atoms with van der Waals surface area (Å²) in [6.07, 6.45) is 5.43. The third kappa shape index (κ3) is 4.27. The average Bonchev–Trinajstić information content (AvgIpc) is 3.08. The Bertz CT molecular complexity index is 1350. The van der Waals surface area contributed by atoms with Gasteiger partial charge in [0.15, 0.2) is 0 Å². The standard InChI is InChI=1S/C25H29N3O4S/c1-17-9-8-10-18(2)23(17)27(3)33(31,32)19-11-12-22-20(15-19)24(29)21(16-26-22)25(30)28-13-6-4-5-7-14-28/h8-12,15-16H,4-7,13-14H2,1-3H3,(H,26,29). The van der Waals surface area contributed by atoms with E-state index < -0.39 is 15.5 Å². The van der Waals surface area contributed by atoms with E-state index in [0.717, 1.165) is 36.8 Å². The fourth-order valence-electron chi connectivity index (χ4n) is 4.54. The summed E-state index contributed by atoms with van der Waals surface area (Å²) in [6, 6.07) is 10.0. The first-order valence-corrected chi connectivity index (χ1v) is 12.7. The number of anilines is 1. The van der Waals surface area contributed by atoms with Gasteiger partial charge in [-0.2, -0.15) is 0 Å². The second kappa shape index (κ2) is 9.02. The first-order valence-electron chi connectivity index (χ1n) is 11.2. The summed E-state index contributed by atoms with van der Waals surface area (Å²) in [4.78, 5) is 31.0. The normalized spacial score (nSPS) is 14.8. The second-order valence-corrected chi connectivity index (χ2v) is 10.6. The second-order valence-electron chi connectivity index (χ2n) is 8.66. The quantitative estimate of drug-likeness (QED) is 0.628. The van der Waals surface area contributed by atoms with Crippen molar-refractivity contribution in [2.45, 2.75) is 44.4 Å². The van der Waals surface area contributed by atoms with Crippen molar-refractivity contribution in [2.75, 3.05) is 24.4 Å². The third-order valence-electron chi connectivity index (χ3n) is 6.39. The maximum atomic E-state index is 13.4. The Morgan fingerprint density at radius 2 is 1.64 bits per heavy atom. The van der Waals surface area contributed by atoms with Crippen LogP contribution < -0.4 is 9.73 Å². The van der Waals surface area contributed by atoms with Crippen LogP contribution in [0.2, 0.25) is 0 Å². The molecule has 8 heteroatoms. The predicted octanol–water partition coefficient (Wildman–Crippen LogP) is 3.99. The lowest BCUT2D eigenvalue weighted by atomic mass is 10.1. The van der Waals surface area contributed by atoms with Crippen LogP contribution in [0.5, 0.6) is 0 Å². The highest BCUT2D eigenvalue weighted by Gasteiger charge is 2.26. The van der Waals surface area contributed by atoms with Gasteiger partial charge in [0.1, 0.15) is 5.56 Å². The molecular weight excluding hydrogens is 438 g/mol. The Labute approximate surface area is 194 Å². The van der Waals surface area contributed by atoms with Gasteiger partial charge >= 0.3 is 0 Å². The third-order valence-corrected chi connectivity index (χ3v) is 8.14. The summed E-state index contributed by atoms with van der Waals surface area (Å²) in [5, 5.41) is 0.187. The van der Waals surface area contributed by atoms with Crippen molar-refractivity contribution in [1.82, 2.24) is 9.88 Å². The van der Waals surface area contributed by atoms with Crippen LogP contribution in [-0.2, 0) is 10.0 Å². The van der Waals surface area contributed by atoms with Gasteiger partial charge in [-0.05, 0) is 56.0 Å². The van der Waals surface area contributed by atoms with Gasteiger partial charge in [0.05, 0.1) is 10.6 Å². The van der Waals surface area contributed by atoms with Gasteiger partial charge in [0.25, 0.3) is 15.9 Å². The van der Waals surface area contributed by atoms with E-state index in [2.05, 4.69) is 4.98 Å². The number of benzene rings is 2. The molecule has 1 saturated heterocycles. The van der Waals surface area contributed by atoms with E-state index in [1.165, 1.54) is 29.7 Å². The zero-order valence-electron chi connectivity index (χ0n) is 19.2. The first kappa shape index (κ1) is 23.0. The molecule has 0 unspecified atom stereocenters. The minimum atomic E-state index is -3.92. The van der Waals surface area contributed by atoms with E-state index in [1.807, 2.05) is 32.0 Å². The number of aryl methyl sites for hydroxylation is 2. The number of fused-ring (bicyclic) bond motifs is 1. The maximum absolute atomic E-state index is 13.4. The van der Waals surface area contributed by atoms with Crippen LogP contribution in [0.4, 0.5) is 5.69 Å². The molecule has 1 aromatic heterocycles. The van der Waals surface area contributed by atoms with Gasteiger partial charge in [-0.15, -0.1) is 0 Å². The van der Waals surface area contributed by atoms with Gasteiger partial charge in [-0.3, -0.25) is 13.9 Å². The highest BCUT2D eigenvalue weighted by atomic mass is 32.2. The Kier molecular flexibility index (Phi) is 6.30. The lowest BCUT2D eigenvalue weighted by molar-refractivity contribution is 0.0760. The SMILES string of the molecule is Cc1cccc(C)c1N(C)S(=O)(=O)c1ccc2[nH]cc(C(=O)N3CCCCCC3)c(=O)c2c1. The molecule has 3 aromatic rings. The van der Waals surface area contributed by atoms with Crippen LogP contribution >= 0.6 is 0 Å². The molecule has 1 amide bonds. The maximum Gasteiger partial charge on any atom is 0.264 e. The molecule has 174 valence electrons. The van der Waals surface area contributed by atoms with Crippen LogP contribution in [-0.4, -0.2) is 44.3 Å². The van der Waals surface area contributed by atoms with Gasteiger partial charge in [0, 0.05) is 37.2 Å². The number of amides is 1. The van der Waals surface area contributed by atoms with Crippen molar-refractivity contribution >= 4 is 32.5 Å². The van der Waals surface area contributed by atoms with Crippen molar-refractivity contribution in [2.24, 2.45) is 0 Å². The number of H-pyrrole nitrogens is 1.